The maximum atomic E-state index is 12.9. The second-order valence-corrected chi connectivity index (χ2v) is 23.5. The van der Waals surface area contributed by atoms with E-state index in [0.717, 1.165) is 64.2 Å². The normalized spacial score (nSPS) is 12.1. The largest absolute Gasteiger partial charge is 0.462 e. The van der Waals surface area contributed by atoms with Crippen LogP contribution in [0.3, 0.4) is 0 Å². The van der Waals surface area contributed by atoms with Crippen LogP contribution in [0.2, 0.25) is 0 Å². The van der Waals surface area contributed by atoms with Crippen LogP contribution in [0, 0.1) is 0 Å². The molecule has 0 saturated heterocycles. The molecule has 0 rings (SSSR count). The third kappa shape index (κ3) is 62.7. The van der Waals surface area contributed by atoms with Gasteiger partial charge in [0, 0.05) is 19.3 Å². The van der Waals surface area contributed by atoms with E-state index in [9.17, 15) is 14.4 Å². The van der Waals surface area contributed by atoms with Crippen LogP contribution in [-0.2, 0) is 28.6 Å². The van der Waals surface area contributed by atoms with Gasteiger partial charge in [-0.2, -0.15) is 0 Å². The Hall–Kier alpha value is -2.11. The lowest BCUT2D eigenvalue weighted by Gasteiger charge is -2.18. The Kier molecular flexibility index (Phi) is 63.6. The molecule has 0 radical (unpaired) electrons. The first kappa shape index (κ1) is 73.9. The Morgan fingerprint density at radius 1 is 0.263 bits per heavy atom. The van der Waals surface area contributed by atoms with Crippen LogP contribution in [0.15, 0.2) is 24.3 Å². The molecule has 1 unspecified atom stereocenters. The van der Waals surface area contributed by atoms with Gasteiger partial charge in [0.2, 0.25) is 0 Å². The van der Waals surface area contributed by atoms with Crippen molar-refractivity contribution >= 4 is 17.9 Å². The van der Waals surface area contributed by atoms with Crippen LogP contribution in [-0.4, -0.2) is 37.2 Å². The first-order valence-electron chi connectivity index (χ1n) is 34.3. The molecule has 1 atom stereocenters. The summed E-state index contributed by atoms with van der Waals surface area (Å²) in [5.74, 6) is -0.851. The van der Waals surface area contributed by atoms with Gasteiger partial charge in [0.15, 0.2) is 6.10 Å². The zero-order valence-electron chi connectivity index (χ0n) is 51.6. The molecule has 448 valence electrons. The van der Waals surface area contributed by atoms with Crippen LogP contribution in [0.25, 0.3) is 0 Å². The molecule has 0 N–H and O–H groups in total. The standard InChI is InChI=1S/C70H132O6/c1-4-7-10-13-16-19-21-23-25-27-29-30-31-32-33-34-35-36-37-38-39-40-42-43-45-47-49-51-54-57-60-63-69(72)75-66-67(65-74-68(71)62-59-56-53-18-15-12-9-6-3)76-70(73)64-61-58-55-52-50-48-46-44-41-28-26-24-22-20-17-14-11-8-5-2/h17,20,24,26,67H,4-16,18-19,21-23,25,27-66H2,1-3H3/b20-17-,26-24-. The van der Waals surface area contributed by atoms with Gasteiger partial charge in [0.05, 0.1) is 0 Å². The first-order valence-corrected chi connectivity index (χ1v) is 34.3. The Balaban J connectivity index is 4.01. The number of esters is 3. The summed E-state index contributed by atoms with van der Waals surface area (Å²) < 4.78 is 16.9. The average Bonchev–Trinajstić information content (AvgIpc) is 3.42. The molecule has 6 heteroatoms. The number of allylic oxidation sites excluding steroid dienone is 4. The highest BCUT2D eigenvalue weighted by atomic mass is 16.6. The van der Waals surface area contributed by atoms with Gasteiger partial charge in [-0.25, -0.2) is 0 Å². The van der Waals surface area contributed by atoms with Crippen molar-refractivity contribution in [2.24, 2.45) is 0 Å². The summed E-state index contributed by atoms with van der Waals surface area (Å²) in [4.78, 5) is 38.2. The third-order valence-corrected chi connectivity index (χ3v) is 15.7. The molecule has 0 aliphatic heterocycles. The highest BCUT2D eigenvalue weighted by molar-refractivity contribution is 5.71. The molecule has 0 fully saturated rings. The van der Waals surface area contributed by atoms with Gasteiger partial charge >= 0.3 is 17.9 Å². The van der Waals surface area contributed by atoms with Gasteiger partial charge in [-0.3, -0.25) is 14.4 Å². The lowest BCUT2D eigenvalue weighted by Crippen LogP contribution is -2.30. The van der Waals surface area contributed by atoms with Crippen LogP contribution in [0.4, 0.5) is 0 Å². The minimum atomic E-state index is -0.769. The average molecular weight is 1070 g/mol. The quantitative estimate of drug-likeness (QED) is 0.0261. The van der Waals surface area contributed by atoms with E-state index in [1.165, 1.54) is 283 Å². The predicted octanol–water partition coefficient (Wildman–Crippen LogP) is 23.4. The van der Waals surface area contributed by atoms with Gasteiger partial charge in [-0.15, -0.1) is 0 Å². The van der Waals surface area contributed by atoms with Gasteiger partial charge < -0.3 is 14.2 Å². The third-order valence-electron chi connectivity index (χ3n) is 15.7. The zero-order chi connectivity index (χ0) is 55.0. The summed E-state index contributed by atoms with van der Waals surface area (Å²) in [6, 6.07) is 0. The predicted molar refractivity (Wildman–Crippen MR) is 330 cm³/mol. The van der Waals surface area contributed by atoms with Crippen molar-refractivity contribution in [3.8, 4) is 0 Å². The number of carbonyl (C=O) groups is 3. The van der Waals surface area contributed by atoms with Crippen molar-refractivity contribution in [2.45, 2.75) is 393 Å². The van der Waals surface area contributed by atoms with Crippen LogP contribution in [0.5, 0.6) is 0 Å². The Morgan fingerprint density at radius 2 is 0.474 bits per heavy atom. The number of carbonyl (C=O) groups excluding carboxylic acids is 3. The molecule has 0 saturated carbocycles. The lowest BCUT2D eigenvalue weighted by molar-refractivity contribution is -0.167. The summed E-state index contributed by atoms with van der Waals surface area (Å²) in [5, 5.41) is 0. The highest BCUT2D eigenvalue weighted by Crippen LogP contribution is 2.19. The van der Waals surface area contributed by atoms with E-state index < -0.39 is 6.10 Å². The fraction of sp³-hybridized carbons (Fsp3) is 0.900. The number of unbranched alkanes of at least 4 members (excludes halogenated alkanes) is 49. The molecule has 0 spiro atoms. The van der Waals surface area contributed by atoms with Crippen molar-refractivity contribution in [1.29, 1.82) is 0 Å². The van der Waals surface area contributed by atoms with Gasteiger partial charge in [-0.05, 0) is 51.4 Å². The fourth-order valence-corrected chi connectivity index (χ4v) is 10.5. The van der Waals surface area contributed by atoms with E-state index in [0.29, 0.717) is 19.3 Å². The maximum Gasteiger partial charge on any atom is 0.306 e. The SMILES string of the molecule is CCCCC/C=C\C/C=C\CCCCCCCCCCCC(=O)OC(COC(=O)CCCCCCCCCC)COC(=O)CCCCCCCCCCCCCCCCCCCCCCCCCCCCCCCCC. The molecule has 0 aromatic rings. The van der Waals surface area contributed by atoms with Crippen LogP contribution < -0.4 is 0 Å². The molecule has 0 heterocycles. The topological polar surface area (TPSA) is 78.9 Å². The maximum absolute atomic E-state index is 12.9. The smallest absolute Gasteiger partial charge is 0.306 e. The molecular weight excluding hydrogens is 937 g/mol. The van der Waals surface area contributed by atoms with Crippen molar-refractivity contribution in [3.05, 3.63) is 24.3 Å². The molecule has 0 bridgehead atoms. The minimum absolute atomic E-state index is 0.0674. The van der Waals surface area contributed by atoms with Gasteiger partial charge in [-0.1, -0.05) is 340 Å². The Labute approximate surface area is 474 Å². The summed E-state index contributed by atoms with van der Waals surface area (Å²) in [6.45, 7) is 6.65. The summed E-state index contributed by atoms with van der Waals surface area (Å²) in [5.41, 5.74) is 0. The summed E-state index contributed by atoms with van der Waals surface area (Å²) >= 11 is 0. The summed E-state index contributed by atoms with van der Waals surface area (Å²) in [7, 11) is 0. The molecule has 0 aliphatic carbocycles. The van der Waals surface area contributed by atoms with Gasteiger partial charge in [0.25, 0.3) is 0 Å². The first-order chi connectivity index (χ1) is 37.5. The number of ether oxygens (including phenoxy) is 3. The molecule has 0 amide bonds. The zero-order valence-corrected chi connectivity index (χ0v) is 51.6. The second-order valence-electron chi connectivity index (χ2n) is 23.5. The highest BCUT2D eigenvalue weighted by Gasteiger charge is 2.19. The van der Waals surface area contributed by atoms with Gasteiger partial charge in [0.1, 0.15) is 13.2 Å². The van der Waals surface area contributed by atoms with E-state index in [1.54, 1.807) is 0 Å². The van der Waals surface area contributed by atoms with Crippen molar-refractivity contribution in [3.63, 3.8) is 0 Å². The van der Waals surface area contributed by atoms with Crippen molar-refractivity contribution < 1.29 is 28.6 Å². The number of hydrogen-bond acceptors (Lipinski definition) is 6. The van der Waals surface area contributed by atoms with E-state index in [-0.39, 0.29) is 31.1 Å². The molecule has 76 heavy (non-hydrogen) atoms. The monoisotopic (exact) mass is 1070 g/mol. The van der Waals surface area contributed by atoms with E-state index in [2.05, 4.69) is 45.1 Å². The minimum Gasteiger partial charge on any atom is -0.462 e. The Bertz CT molecular complexity index is 1230. The number of rotatable bonds is 64. The Morgan fingerprint density at radius 3 is 0.750 bits per heavy atom. The van der Waals surface area contributed by atoms with E-state index in [4.69, 9.17) is 14.2 Å². The summed E-state index contributed by atoms with van der Waals surface area (Å²) in [6.07, 6.45) is 79.5. The second kappa shape index (κ2) is 65.4. The van der Waals surface area contributed by atoms with E-state index >= 15 is 0 Å². The lowest BCUT2D eigenvalue weighted by atomic mass is 10.0. The molecule has 6 nitrogen and oxygen atoms in total. The molecule has 0 aliphatic rings. The number of hydrogen-bond donors (Lipinski definition) is 0. The van der Waals surface area contributed by atoms with Crippen LogP contribution >= 0.6 is 0 Å². The van der Waals surface area contributed by atoms with E-state index in [1.807, 2.05) is 0 Å². The fourth-order valence-electron chi connectivity index (χ4n) is 10.5. The van der Waals surface area contributed by atoms with Crippen molar-refractivity contribution in [1.82, 2.24) is 0 Å². The molecular formula is C70H132O6. The molecule has 0 aromatic carbocycles. The van der Waals surface area contributed by atoms with Crippen LogP contribution in [0.1, 0.15) is 387 Å². The van der Waals surface area contributed by atoms with Crippen molar-refractivity contribution in [2.75, 3.05) is 13.2 Å². The molecule has 0 aromatic heterocycles.